The van der Waals surface area contributed by atoms with Crippen molar-refractivity contribution in [3.63, 3.8) is 0 Å². The van der Waals surface area contributed by atoms with E-state index in [1.165, 1.54) is 250 Å². The first-order valence-electron chi connectivity index (χ1n) is 34.0. The van der Waals surface area contributed by atoms with E-state index in [1.54, 1.807) is 0 Å². The van der Waals surface area contributed by atoms with Gasteiger partial charge < -0.3 is 14.2 Å². The lowest BCUT2D eigenvalue weighted by molar-refractivity contribution is -0.167. The molecule has 0 aliphatic rings. The minimum atomic E-state index is -0.779. The van der Waals surface area contributed by atoms with Gasteiger partial charge in [-0.1, -0.05) is 320 Å². The van der Waals surface area contributed by atoms with Crippen LogP contribution in [0.2, 0.25) is 0 Å². The number of allylic oxidation sites excluding steroid dienone is 6. The number of esters is 3. The summed E-state index contributed by atoms with van der Waals surface area (Å²) in [5.41, 5.74) is 0. The van der Waals surface area contributed by atoms with Gasteiger partial charge in [-0.15, -0.1) is 0 Å². The highest BCUT2D eigenvalue weighted by Crippen LogP contribution is 2.18. The van der Waals surface area contributed by atoms with Gasteiger partial charge in [0.25, 0.3) is 0 Å². The Morgan fingerprint density at radius 2 is 0.500 bits per heavy atom. The molecule has 0 saturated carbocycles. The lowest BCUT2D eigenvalue weighted by atomic mass is 10.0. The second-order valence-corrected chi connectivity index (χ2v) is 23.1. The molecule has 0 N–H and O–H groups in total. The Balaban J connectivity index is 4.20. The van der Waals surface area contributed by atoms with Gasteiger partial charge >= 0.3 is 17.9 Å². The molecule has 6 heteroatoms. The molecule has 0 saturated heterocycles. The van der Waals surface area contributed by atoms with Crippen LogP contribution in [0, 0.1) is 0 Å². The first-order valence-corrected chi connectivity index (χ1v) is 34.0. The van der Waals surface area contributed by atoms with E-state index in [2.05, 4.69) is 57.2 Å². The Hall–Kier alpha value is -2.37. The first-order chi connectivity index (χ1) is 37.5. The summed E-state index contributed by atoms with van der Waals surface area (Å²) in [6, 6.07) is 0. The van der Waals surface area contributed by atoms with Crippen LogP contribution in [-0.2, 0) is 28.6 Å². The third-order valence-electron chi connectivity index (χ3n) is 15.3. The first kappa shape index (κ1) is 73.6. The summed E-state index contributed by atoms with van der Waals surface area (Å²) in [5.74, 6) is -0.869. The van der Waals surface area contributed by atoms with Crippen LogP contribution in [0.25, 0.3) is 0 Å². The number of rotatable bonds is 63. The molecule has 0 aliphatic heterocycles. The Morgan fingerprint density at radius 3 is 0.789 bits per heavy atom. The molecule has 76 heavy (non-hydrogen) atoms. The van der Waals surface area contributed by atoms with Gasteiger partial charge in [-0.05, 0) is 70.6 Å². The minimum Gasteiger partial charge on any atom is -0.462 e. The zero-order chi connectivity index (χ0) is 55.0. The van der Waals surface area contributed by atoms with Crippen molar-refractivity contribution in [1.29, 1.82) is 0 Å². The summed E-state index contributed by atoms with van der Waals surface area (Å²) in [5, 5.41) is 0. The van der Waals surface area contributed by atoms with Gasteiger partial charge in [-0.3, -0.25) is 14.4 Å². The van der Waals surface area contributed by atoms with Crippen LogP contribution in [0.15, 0.2) is 36.5 Å². The highest BCUT2D eigenvalue weighted by Gasteiger charge is 2.19. The van der Waals surface area contributed by atoms with E-state index < -0.39 is 6.10 Å². The second-order valence-electron chi connectivity index (χ2n) is 23.1. The molecule has 6 nitrogen and oxygen atoms in total. The molecule has 1 unspecified atom stereocenters. The molecular formula is C70H130O6. The Bertz CT molecular complexity index is 1270. The standard InChI is InChI=1S/C70H130O6/c1-4-7-10-13-16-19-22-25-27-29-31-32-33-34-35-36-37-38-39-41-42-45-48-51-54-57-60-63-69(72)75-66-67(65-74-68(71)62-59-56-53-50-47-44-24-21-18-15-12-9-6-3)76-70(73)64-61-58-55-52-49-46-43-40-30-28-26-23-20-17-14-11-8-5-2/h12,15,21,24,28,30,67H,4-11,13-14,16-20,22-23,25-27,29,31-66H2,1-3H3/b15-12-,24-21-,30-28-. The molecule has 0 aromatic carbocycles. The maximum absolute atomic E-state index is 12.9. The molecule has 0 aliphatic carbocycles. The number of hydrogen-bond donors (Lipinski definition) is 0. The maximum Gasteiger partial charge on any atom is 0.306 e. The van der Waals surface area contributed by atoms with Crippen molar-refractivity contribution in [3.8, 4) is 0 Å². The fourth-order valence-electron chi connectivity index (χ4n) is 10.2. The zero-order valence-electron chi connectivity index (χ0n) is 51.3. The predicted molar refractivity (Wildman–Crippen MR) is 330 cm³/mol. The van der Waals surface area contributed by atoms with E-state index in [0.29, 0.717) is 19.3 Å². The third kappa shape index (κ3) is 62.5. The molecule has 446 valence electrons. The van der Waals surface area contributed by atoms with Gasteiger partial charge in [0.2, 0.25) is 0 Å². The molecule has 0 fully saturated rings. The topological polar surface area (TPSA) is 78.9 Å². The molecule has 0 spiro atoms. The van der Waals surface area contributed by atoms with E-state index in [1.807, 2.05) is 0 Å². The molecule has 0 aromatic heterocycles. The van der Waals surface area contributed by atoms with E-state index in [0.717, 1.165) is 83.5 Å². The Labute approximate surface area is 474 Å². The van der Waals surface area contributed by atoms with Crippen molar-refractivity contribution in [3.05, 3.63) is 36.5 Å². The summed E-state index contributed by atoms with van der Waals surface area (Å²) in [4.78, 5) is 38.3. The molecule has 0 radical (unpaired) electrons. The summed E-state index contributed by atoms with van der Waals surface area (Å²) in [6.45, 7) is 6.62. The molecule has 0 bridgehead atoms. The molecule has 0 rings (SSSR count). The van der Waals surface area contributed by atoms with Crippen molar-refractivity contribution < 1.29 is 28.6 Å². The third-order valence-corrected chi connectivity index (χ3v) is 15.3. The highest BCUT2D eigenvalue weighted by molar-refractivity contribution is 5.71. The van der Waals surface area contributed by atoms with E-state index >= 15 is 0 Å². The van der Waals surface area contributed by atoms with Crippen LogP contribution in [0.4, 0.5) is 0 Å². The average Bonchev–Trinajstić information content (AvgIpc) is 3.42. The highest BCUT2D eigenvalue weighted by atomic mass is 16.6. The van der Waals surface area contributed by atoms with Crippen LogP contribution in [0.5, 0.6) is 0 Å². The smallest absolute Gasteiger partial charge is 0.306 e. The van der Waals surface area contributed by atoms with Gasteiger partial charge in [0.1, 0.15) is 13.2 Å². The van der Waals surface area contributed by atoms with Crippen molar-refractivity contribution >= 4 is 17.9 Å². The fraction of sp³-hybridized carbons (Fsp3) is 0.871. The number of ether oxygens (including phenoxy) is 3. The number of unbranched alkanes of at least 4 members (excludes halogenated alkanes) is 46. The molecule has 1 atom stereocenters. The molecular weight excluding hydrogens is 937 g/mol. The summed E-state index contributed by atoms with van der Waals surface area (Å²) < 4.78 is 16.9. The summed E-state index contributed by atoms with van der Waals surface area (Å²) in [6.07, 6.45) is 80.3. The predicted octanol–water partition coefficient (Wildman–Crippen LogP) is 23.2. The summed E-state index contributed by atoms with van der Waals surface area (Å²) in [7, 11) is 0. The van der Waals surface area contributed by atoms with Gasteiger partial charge in [0.15, 0.2) is 6.10 Å². The SMILES string of the molecule is CCC/C=C\C/C=C\CCCCCCCC(=O)OCC(COC(=O)CCCCCCCCCCCCCCCCCCCCCCCCCCCCC)OC(=O)CCCCCCCCC/C=C\CCCCCCCCC. The maximum atomic E-state index is 12.9. The monoisotopic (exact) mass is 1070 g/mol. The van der Waals surface area contributed by atoms with Crippen molar-refractivity contribution in [2.75, 3.05) is 13.2 Å². The van der Waals surface area contributed by atoms with Crippen molar-refractivity contribution in [2.45, 2.75) is 380 Å². The van der Waals surface area contributed by atoms with Crippen LogP contribution in [-0.4, -0.2) is 37.2 Å². The Kier molecular flexibility index (Phi) is 63.1. The van der Waals surface area contributed by atoms with Crippen LogP contribution in [0.3, 0.4) is 0 Å². The molecule has 0 heterocycles. The second kappa shape index (κ2) is 65.2. The van der Waals surface area contributed by atoms with Gasteiger partial charge in [0, 0.05) is 19.3 Å². The largest absolute Gasteiger partial charge is 0.462 e. The van der Waals surface area contributed by atoms with Crippen LogP contribution < -0.4 is 0 Å². The number of carbonyl (C=O) groups is 3. The van der Waals surface area contributed by atoms with Crippen LogP contribution >= 0.6 is 0 Å². The molecule has 0 aromatic rings. The van der Waals surface area contributed by atoms with E-state index in [9.17, 15) is 14.4 Å². The fourth-order valence-corrected chi connectivity index (χ4v) is 10.2. The van der Waals surface area contributed by atoms with Gasteiger partial charge in [0.05, 0.1) is 0 Å². The van der Waals surface area contributed by atoms with Crippen LogP contribution in [0.1, 0.15) is 374 Å². The lowest BCUT2D eigenvalue weighted by Gasteiger charge is -2.18. The van der Waals surface area contributed by atoms with Gasteiger partial charge in [-0.25, -0.2) is 0 Å². The van der Waals surface area contributed by atoms with Crippen molar-refractivity contribution in [2.24, 2.45) is 0 Å². The molecule has 0 amide bonds. The van der Waals surface area contributed by atoms with E-state index in [-0.39, 0.29) is 31.1 Å². The van der Waals surface area contributed by atoms with Crippen molar-refractivity contribution in [1.82, 2.24) is 0 Å². The average molecular weight is 1070 g/mol. The summed E-state index contributed by atoms with van der Waals surface area (Å²) >= 11 is 0. The van der Waals surface area contributed by atoms with E-state index in [4.69, 9.17) is 14.2 Å². The number of carbonyl (C=O) groups excluding carboxylic acids is 3. The quantitative estimate of drug-likeness (QED) is 0.0261. The van der Waals surface area contributed by atoms with Gasteiger partial charge in [-0.2, -0.15) is 0 Å². The zero-order valence-corrected chi connectivity index (χ0v) is 51.3. The lowest BCUT2D eigenvalue weighted by Crippen LogP contribution is -2.30. The Morgan fingerprint density at radius 1 is 0.263 bits per heavy atom. The number of hydrogen-bond acceptors (Lipinski definition) is 6. The normalized spacial score (nSPS) is 12.2. The minimum absolute atomic E-state index is 0.0743.